The zero-order valence-electron chi connectivity index (χ0n) is 16.4. The monoisotopic (exact) mass is 433 g/mol. The van der Waals surface area contributed by atoms with E-state index >= 15 is 0 Å². The lowest BCUT2D eigenvalue weighted by atomic mass is 10.2. The highest BCUT2D eigenvalue weighted by Crippen LogP contribution is 2.30. The average molecular weight is 434 g/mol. The molecule has 8 heteroatoms. The molecule has 2 heterocycles. The molecule has 4 aromatic rings. The summed E-state index contributed by atoms with van der Waals surface area (Å²) >= 11 is 0. The summed E-state index contributed by atoms with van der Waals surface area (Å²) in [5, 5.41) is 5.39. The molecule has 6 nitrogen and oxygen atoms in total. The maximum Gasteiger partial charge on any atom is 0.198 e. The standard InChI is InChI=1S/C21H23N5O.2ClH/c1-26(2)11-5-10-23-20-16-13-15(22)8-9-17(16)24-21(25-20)19-12-14-6-3-4-7-18(14)27-19;;/h3-4,6-9,12-13H,5,10-11,22H2,1-2H3,(H,23,24,25);2*1H. The number of aromatic nitrogens is 2. The van der Waals surface area contributed by atoms with E-state index in [0.717, 1.165) is 47.2 Å². The van der Waals surface area contributed by atoms with Crippen LogP contribution in [0, 0.1) is 0 Å². The Morgan fingerprint density at radius 2 is 1.83 bits per heavy atom. The first-order valence-corrected chi connectivity index (χ1v) is 9.05. The first-order valence-electron chi connectivity index (χ1n) is 9.05. The highest BCUT2D eigenvalue weighted by Gasteiger charge is 2.13. The van der Waals surface area contributed by atoms with Gasteiger partial charge < -0.3 is 20.4 Å². The van der Waals surface area contributed by atoms with E-state index in [-0.39, 0.29) is 24.8 Å². The van der Waals surface area contributed by atoms with Crippen LogP contribution in [0.3, 0.4) is 0 Å². The third-order valence-electron chi connectivity index (χ3n) is 4.44. The number of hydrogen-bond acceptors (Lipinski definition) is 6. The van der Waals surface area contributed by atoms with Crippen molar-refractivity contribution in [2.45, 2.75) is 6.42 Å². The molecule has 0 bridgehead atoms. The largest absolute Gasteiger partial charge is 0.453 e. The van der Waals surface area contributed by atoms with Crippen molar-refractivity contribution in [2.24, 2.45) is 0 Å². The Kier molecular flexibility index (Phi) is 7.67. The van der Waals surface area contributed by atoms with Crippen molar-refractivity contribution in [3.05, 3.63) is 48.5 Å². The lowest BCUT2D eigenvalue weighted by Crippen LogP contribution is -2.17. The van der Waals surface area contributed by atoms with E-state index in [0.29, 0.717) is 17.3 Å². The second-order valence-electron chi connectivity index (χ2n) is 6.90. The van der Waals surface area contributed by atoms with Gasteiger partial charge in [-0.3, -0.25) is 0 Å². The lowest BCUT2D eigenvalue weighted by Gasteiger charge is -2.12. The molecule has 0 radical (unpaired) electrons. The summed E-state index contributed by atoms with van der Waals surface area (Å²) in [6.45, 7) is 1.83. The van der Waals surface area contributed by atoms with E-state index in [1.165, 1.54) is 0 Å². The van der Waals surface area contributed by atoms with Gasteiger partial charge in [-0.15, -0.1) is 24.8 Å². The summed E-state index contributed by atoms with van der Waals surface area (Å²) < 4.78 is 5.95. The summed E-state index contributed by atoms with van der Waals surface area (Å²) in [5.74, 6) is 2.01. The molecule has 0 aliphatic heterocycles. The molecule has 0 spiro atoms. The summed E-state index contributed by atoms with van der Waals surface area (Å²) in [4.78, 5) is 11.6. The molecule has 4 rings (SSSR count). The number of nitrogens with two attached hydrogens (primary N) is 1. The van der Waals surface area contributed by atoms with Gasteiger partial charge in [-0.1, -0.05) is 18.2 Å². The van der Waals surface area contributed by atoms with Gasteiger partial charge in [0.15, 0.2) is 11.6 Å². The topological polar surface area (TPSA) is 80.2 Å². The second kappa shape index (κ2) is 9.78. The minimum absolute atomic E-state index is 0. The fourth-order valence-electron chi connectivity index (χ4n) is 3.09. The van der Waals surface area contributed by atoms with Crippen LogP contribution >= 0.6 is 24.8 Å². The van der Waals surface area contributed by atoms with Crippen molar-refractivity contribution in [2.75, 3.05) is 38.2 Å². The SMILES string of the molecule is CN(C)CCCNc1nc(-c2cc3ccccc3o2)nc2ccc(N)cc12.Cl.Cl. The minimum Gasteiger partial charge on any atom is -0.453 e. The van der Waals surface area contributed by atoms with E-state index in [1.54, 1.807) is 0 Å². The fourth-order valence-corrected chi connectivity index (χ4v) is 3.09. The van der Waals surface area contributed by atoms with E-state index in [9.17, 15) is 0 Å². The predicted molar refractivity (Wildman–Crippen MR) is 125 cm³/mol. The zero-order chi connectivity index (χ0) is 18.8. The Morgan fingerprint density at radius 1 is 1.03 bits per heavy atom. The Morgan fingerprint density at radius 3 is 2.59 bits per heavy atom. The molecule has 0 amide bonds. The van der Waals surface area contributed by atoms with Crippen molar-refractivity contribution in [3.63, 3.8) is 0 Å². The Balaban J connectivity index is 0.00000150. The Hall–Kier alpha value is -2.54. The van der Waals surface area contributed by atoms with Crippen LogP contribution in [0.25, 0.3) is 33.5 Å². The van der Waals surface area contributed by atoms with Crippen LogP contribution < -0.4 is 11.1 Å². The number of nitrogens with zero attached hydrogens (tertiary/aromatic N) is 3. The highest BCUT2D eigenvalue weighted by molar-refractivity contribution is 5.93. The van der Waals surface area contributed by atoms with Crippen molar-refractivity contribution in [3.8, 4) is 11.6 Å². The molecular formula is C21H25Cl2N5O. The molecule has 0 unspecified atom stereocenters. The molecule has 0 aliphatic rings. The van der Waals surface area contributed by atoms with Crippen LogP contribution in [-0.4, -0.2) is 42.1 Å². The molecule has 0 aliphatic carbocycles. The van der Waals surface area contributed by atoms with Gasteiger partial charge in [0, 0.05) is 23.0 Å². The Bertz CT molecular complexity index is 1060. The number of halogens is 2. The number of fused-ring (bicyclic) bond motifs is 2. The first kappa shape index (κ1) is 22.7. The molecule has 0 saturated heterocycles. The van der Waals surface area contributed by atoms with E-state index < -0.39 is 0 Å². The smallest absolute Gasteiger partial charge is 0.198 e. The van der Waals surface area contributed by atoms with Crippen LogP contribution in [0.2, 0.25) is 0 Å². The fraction of sp³-hybridized carbons (Fsp3) is 0.238. The predicted octanol–water partition coefficient (Wildman–Crippen LogP) is 4.83. The number of nitrogens with one attached hydrogen (secondary N) is 1. The molecule has 0 atom stereocenters. The van der Waals surface area contributed by atoms with Crippen molar-refractivity contribution >= 4 is 58.2 Å². The minimum atomic E-state index is 0. The van der Waals surface area contributed by atoms with Crippen LogP contribution in [0.4, 0.5) is 11.5 Å². The van der Waals surface area contributed by atoms with Crippen molar-refractivity contribution in [1.29, 1.82) is 0 Å². The molecule has 3 N–H and O–H groups in total. The summed E-state index contributed by atoms with van der Waals surface area (Å²) in [7, 11) is 4.14. The number of nitrogen functional groups attached to an aromatic ring is 1. The maximum atomic E-state index is 5.98. The van der Waals surface area contributed by atoms with Crippen LogP contribution in [0.15, 0.2) is 52.9 Å². The van der Waals surface area contributed by atoms with Crippen molar-refractivity contribution in [1.82, 2.24) is 14.9 Å². The van der Waals surface area contributed by atoms with Gasteiger partial charge in [0.05, 0.1) is 5.52 Å². The average Bonchev–Trinajstić information content (AvgIpc) is 3.09. The van der Waals surface area contributed by atoms with E-state index in [4.69, 9.17) is 20.1 Å². The van der Waals surface area contributed by atoms with Gasteiger partial charge in [-0.05, 0) is 57.4 Å². The molecule has 29 heavy (non-hydrogen) atoms. The summed E-state index contributed by atoms with van der Waals surface area (Å²) in [6.07, 6.45) is 1.01. The van der Waals surface area contributed by atoms with Crippen LogP contribution in [0.5, 0.6) is 0 Å². The molecule has 0 saturated carbocycles. The molecule has 154 valence electrons. The van der Waals surface area contributed by atoms with Crippen LogP contribution in [-0.2, 0) is 0 Å². The zero-order valence-corrected chi connectivity index (χ0v) is 18.0. The van der Waals surface area contributed by atoms with E-state index in [1.807, 2.05) is 48.5 Å². The second-order valence-corrected chi connectivity index (χ2v) is 6.90. The number of rotatable bonds is 6. The maximum absolute atomic E-state index is 5.98. The van der Waals surface area contributed by atoms with E-state index in [2.05, 4.69) is 24.3 Å². The number of anilines is 2. The number of benzene rings is 2. The lowest BCUT2D eigenvalue weighted by molar-refractivity contribution is 0.405. The summed E-state index contributed by atoms with van der Waals surface area (Å²) in [5.41, 5.74) is 8.34. The van der Waals surface area contributed by atoms with Crippen molar-refractivity contribution < 1.29 is 4.42 Å². The van der Waals surface area contributed by atoms with Gasteiger partial charge in [-0.2, -0.15) is 0 Å². The Labute approximate surface area is 182 Å². The third-order valence-corrected chi connectivity index (χ3v) is 4.44. The highest BCUT2D eigenvalue weighted by atomic mass is 35.5. The van der Waals surface area contributed by atoms with Gasteiger partial charge >= 0.3 is 0 Å². The van der Waals surface area contributed by atoms with Gasteiger partial charge in [0.25, 0.3) is 0 Å². The molecule has 2 aromatic carbocycles. The number of furan rings is 1. The number of para-hydroxylation sites is 1. The van der Waals surface area contributed by atoms with Crippen LogP contribution in [0.1, 0.15) is 6.42 Å². The van der Waals surface area contributed by atoms with Gasteiger partial charge in [0.1, 0.15) is 11.4 Å². The first-order chi connectivity index (χ1) is 13.1. The molecule has 0 fully saturated rings. The normalized spacial score (nSPS) is 10.7. The third kappa shape index (κ3) is 5.09. The molecular weight excluding hydrogens is 409 g/mol. The van der Waals surface area contributed by atoms with Gasteiger partial charge in [0.2, 0.25) is 0 Å². The summed E-state index contributed by atoms with van der Waals surface area (Å²) in [6, 6.07) is 15.6. The van der Waals surface area contributed by atoms with Gasteiger partial charge in [-0.25, -0.2) is 9.97 Å². The quantitative estimate of drug-likeness (QED) is 0.334. The molecule has 2 aromatic heterocycles. The number of hydrogen-bond donors (Lipinski definition) is 2.